The van der Waals surface area contributed by atoms with Crippen molar-refractivity contribution in [1.82, 2.24) is 38.2 Å². The van der Waals surface area contributed by atoms with Crippen molar-refractivity contribution in [2.45, 2.75) is 0 Å². The van der Waals surface area contributed by atoms with Gasteiger partial charge in [0.1, 0.15) is 0 Å². The molecule has 6 heterocycles. The first kappa shape index (κ1) is 70.3. The van der Waals surface area contributed by atoms with E-state index in [2.05, 4.69) is 455 Å². The molecule has 0 radical (unpaired) electrons. The molecule has 6 aromatic heterocycles. The van der Waals surface area contributed by atoms with E-state index in [0.29, 0.717) is 11.9 Å². The molecule has 0 spiro atoms. The summed E-state index contributed by atoms with van der Waals surface area (Å²) < 4.78 is 9.30. The van der Waals surface area contributed by atoms with Gasteiger partial charge in [-0.05, 0) is 209 Å². The van der Waals surface area contributed by atoms with Crippen molar-refractivity contribution < 1.29 is 0 Å². The van der Waals surface area contributed by atoms with Crippen molar-refractivity contribution in [1.29, 1.82) is 0 Å². The van der Waals surface area contributed by atoms with Crippen molar-refractivity contribution in [2.75, 3.05) is 0 Å². The molecule has 26 aromatic rings. The number of para-hydroxylation sites is 4. The van der Waals surface area contributed by atoms with Crippen LogP contribution in [-0.2, 0) is 0 Å². The van der Waals surface area contributed by atoms with Crippen LogP contribution in [0, 0.1) is 0 Å². The molecule has 0 saturated carbocycles. The molecule has 124 heavy (non-hydrogen) atoms. The summed E-state index contributed by atoms with van der Waals surface area (Å²) in [4.78, 5) is 21.5. The number of aromatic nitrogens is 8. The van der Waals surface area contributed by atoms with E-state index >= 15 is 0 Å². The smallest absolute Gasteiger partial charge is 0.235 e. The van der Waals surface area contributed by atoms with E-state index < -0.39 is 0 Å². The van der Waals surface area contributed by atoms with Gasteiger partial charge in [-0.25, -0.2) is 19.9 Å². The lowest BCUT2D eigenvalue weighted by Gasteiger charge is -2.13. The molecule has 0 amide bonds. The zero-order valence-electron chi connectivity index (χ0n) is 67.1. The first-order valence-electron chi connectivity index (χ1n) is 42.3. The molecule has 0 aliphatic heterocycles. The topological polar surface area (TPSA) is 71.3 Å². The second-order valence-electron chi connectivity index (χ2n) is 32.5. The van der Waals surface area contributed by atoms with Gasteiger partial charge in [-0.15, -0.1) is 0 Å². The third kappa shape index (κ3) is 11.8. The van der Waals surface area contributed by atoms with Gasteiger partial charge in [0.25, 0.3) is 0 Å². The number of fused-ring (bicyclic) bond motifs is 18. The molecule has 0 aliphatic rings. The molecule has 0 N–H and O–H groups in total. The predicted octanol–water partition coefficient (Wildman–Crippen LogP) is 30.3. The van der Waals surface area contributed by atoms with Crippen LogP contribution in [0.5, 0.6) is 0 Å². The molecular weight excluding hydrogens is 1510 g/mol. The minimum absolute atomic E-state index is 0.639. The molecule has 8 nitrogen and oxygen atoms in total. The summed E-state index contributed by atoms with van der Waals surface area (Å²) in [5.41, 5.74) is 23.7. The lowest BCUT2D eigenvalue weighted by atomic mass is 10.0. The van der Waals surface area contributed by atoms with Crippen molar-refractivity contribution in [3.63, 3.8) is 0 Å². The largest absolute Gasteiger partial charge is 0.309 e. The van der Waals surface area contributed by atoms with Gasteiger partial charge in [-0.3, -0.25) is 9.13 Å². The highest BCUT2D eigenvalue weighted by Crippen LogP contribution is 2.44. The van der Waals surface area contributed by atoms with E-state index in [1.807, 2.05) is 0 Å². The lowest BCUT2D eigenvalue weighted by molar-refractivity contribution is 0.995. The van der Waals surface area contributed by atoms with Crippen LogP contribution in [0.3, 0.4) is 0 Å². The third-order valence-electron chi connectivity index (χ3n) is 25.4. The number of hydrogen-bond donors (Lipinski definition) is 0. The van der Waals surface area contributed by atoms with Crippen molar-refractivity contribution in [3.05, 3.63) is 437 Å². The second kappa shape index (κ2) is 28.5. The van der Waals surface area contributed by atoms with Crippen LogP contribution in [0.25, 0.3) is 242 Å². The first-order chi connectivity index (χ1) is 61.4. The van der Waals surface area contributed by atoms with Crippen LogP contribution in [0.15, 0.2) is 437 Å². The highest BCUT2D eigenvalue weighted by atomic mass is 15.2. The van der Waals surface area contributed by atoms with Crippen LogP contribution in [0.1, 0.15) is 0 Å². The number of rotatable bonds is 10. The van der Waals surface area contributed by atoms with E-state index in [1.54, 1.807) is 0 Å². The standard InChI is InChI=1S/2C58H36N4/c1-4-14-40-31-45(23-21-37(40)11-1)52-36-53(46-24-22-38-12-2-5-15-41(38)32-46)60-58(59-52)62-55-20-10-8-18-49(55)51-35-44(27-30-57(51)62)43-26-29-56-50(34-43)48-17-7-9-19-54(48)61(56)47-28-25-39-13-3-6-16-42(39)33-47;1-3-15-40-32-44(26-24-37(40)12-1)51-36-52(45-27-25-38-13-2-4-16-41(38)33-45)60-58(59-51)62-55-22-10-8-20-48(55)50-35-43(29-31-57(50)62)42-28-30-56-49(34-42)47-19-7-9-21-54(47)61(56)53-23-11-17-39-14-5-6-18-46(39)53/h2*1-36H. The highest BCUT2D eigenvalue weighted by molar-refractivity contribution is 6.16. The fourth-order valence-corrected chi connectivity index (χ4v) is 19.4. The Balaban J connectivity index is 0.000000136. The van der Waals surface area contributed by atoms with Crippen LogP contribution < -0.4 is 0 Å². The van der Waals surface area contributed by atoms with Gasteiger partial charge in [-0.2, -0.15) is 0 Å². The molecule has 0 aliphatic carbocycles. The Bertz CT molecular complexity index is 8720. The second-order valence-corrected chi connectivity index (χ2v) is 32.5. The predicted molar refractivity (Wildman–Crippen MR) is 519 cm³/mol. The Hall–Kier alpha value is -16.7. The molecule has 0 unspecified atom stereocenters. The van der Waals surface area contributed by atoms with Gasteiger partial charge in [0.2, 0.25) is 11.9 Å². The monoisotopic (exact) mass is 1580 g/mol. The summed E-state index contributed by atoms with van der Waals surface area (Å²) in [6, 6.07) is 157. The Labute approximate surface area is 712 Å². The summed E-state index contributed by atoms with van der Waals surface area (Å²) in [6.45, 7) is 0. The molecule has 26 rings (SSSR count). The fraction of sp³-hybridized carbons (Fsp3) is 0. The minimum atomic E-state index is 0.639. The normalized spacial score (nSPS) is 11.9. The van der Waals surface area contributed by atoms with E-state index in [0.717, 1.165) is 105 Å². The Morgan fingerprint density at radius 2 is 0.387 bits per heavy atom. The molecule has 576 valence electrons. The molecular formula is C116H72N8. The molecule has 8 heteroatoms. The van der Waals surface area contributed by atoms with Crippen LogP contribution >= 0.6 is 0 Å². The quantitative estimate of drug-likeness (QED) is 0.137. The zero-order chi connectivity index (χ0) is 81.5. The van der Waals surface area contributed by atoms with Crippen LogP contribution in [0.4, 0.5) is 0 Å². The third-order valence-corrected chi connectivity index (χ3v) is 25.4. The highest BCUT2D eigenvalue weighted by Gasteiger charge is 2.24. The Kier molecular flexibility index (Phi) is 16.2. The van der Waals surface area contributed by atoms with Crippen molar-refractivity contribution in [3.8, 4) is 90.6 Å². The summed E-state index contributed by atoms with van der Waals surface area (Å²) >= 11 is 0. The van der Waals surface area contributed by atoms with Gasteiger partial charge in [-0.1, -0.05) is 309 Å². The summed E-state index contributed by atoms with van der Waals surface area (Å²) in [6.07, 6.45) is 0. The SMILES string of the molecule is c1ccc2cc(-c3cc(-c4ccc5ccccc5c4)nc(-n4c5ccccc5c5cc(-c6ccc7c(c6)c6ccccc6n7-c6ccc7ccccc7c6)ccc54)n3)ccc2c1.c1ccc2cc(-c3cc(-c4ccc5ccccc5c4)nc(-n4c5ccccc5c5cc(-c6ccc7c(c6)c6ccccc6n7-c6cccc7ccccc67)ccc54)n3)ccc2c1. The van der Waals surface area contributed by atoms with Gasteiger partial charge in [0.05, 0.1) is 72.6 Å². The summed E-state index contributed by atoms with van der Waals surface area (Å²) in [5.74, 6) is 1.28. The first-order valence-corrected chi connectivity index (χ1v) is 42.3. The number of benzene rings is 20. The van der Waals surface area contributed by atoms with E-state index in [9.17, 15) is 0 Å². The number of nitrogens with zero attached hydrogens (tertiary/aromatic N) is 8. The maximum absolute atomic E-state index is 5.38. The molecule has 0 bridgehead atoms. The van der Waals surface area contributed by atoms with E-state index in [4.69, 9.17) is 19.9 Å². The van der Waals surface area contributed by atoms with Crippen molar-refractivity contribution in [2.24, 2.45) is 0 Å². The van der Waals surface area contributed by atoms with Gasteiger partial charge in [0.15, 0.2) is 0 Å². The molecule has 0 atom stereocenters. The van der Waals surface area contributed by atoms with Crippen LogP contribution in [-0.4, -0.2) is 38.2 Å². The summed E-state index contributed by atoms with van der Waals surface area (Å²) in [5, 5.41) is 24.0. The minimum Gasteiger partial charge on any atom is -0.309 e. The van der Waals surface area contributed by atoms with E-state index in [-0.39, 0.29) is 0 Å². The van der Waals surface area contributed by atoms with E-state index in [1.165, 1.54) is 125 Å². The van der Waals surface area contributed by atoms with Gasteiger partial charge >= 0.3 is 0 Å². The maximum atomic E-state index is 5.38. The molecule has 0 saturated heterocycles. The summed E-state index contributed by atoms with van der Waals surface area (Å²) in [7, 11) is 0. The maximum Gasteiger partial charge on any atom is 0.235 e. The van der Waals surface area contributed by atoms with Gasteiger partial charge < -0.3 is 9.13 Å². The average molecular weight is 1580 g/mol. The number of hydrogen-bond acceptors (Lipinski definition) is 4. The fourth-order valence-electron chi connectivity index (χ4n) is 19.4. The van der Waals surface area contributed by atoms with Gasteiger partial charge in [0, 0.05) is 76.4 Å². The van der Waals surface area contributed by atoms with Crippen LogP contribution in [0.2, 0.25) is 0 Å². The Morgan fingerprint density at radius 1 is 0.137 bits per heavy atom. The lowest BCUT2D eigenvalue weighted by Crippen LogP contribution is -2.04. The Morgan fingerprint density at radius 3 is 0.750 bits per heavy atom. The molecule has 0 fully saturated rings. The van der Waals surface area contributed by atoms with Crippen molar-refractivity contribution >= 4 is 152 Å². The molecule has 20 aromatic carbocycles. The average Bonchev–Trinajstić information content (AvgIpc) is 1.59. The zero-order valence-corrected chi connectivity index (χ0v) is 67.1.